The highest BCUT2D eigenvalue weighted by Gasteiger charge is 2.12. The number of hydrogen-bond donors (Lipinski definition) is 0. The van der Waals surface area contributed by atoms with Gasteiger partial charge in [-0.3, -0.25) is 9.59 Å². The molecular weight excluding hydrogens is 392 g/mol. The number of ether oxygens (including phenoxy) is 3. The zero-order chi connectivity index (χ0) is 20.8. The van der Waals surface area contributed by atoms with Gasteiger partial charge in [0.1, 0.15) is 11.5 Å². The number of nitrogens with zero attached hydrogens (tertiary/aromatic N) is 2. The molecule has 1 aromatic heterocycles. The summed E-state index contributed by atoms with van der Waals surface area (Å²) in [5.41, 5.74) is 1.31. The van der Waals surface area contributed by atoms with Gasteiger partial charge in [0.2, 0.25) is 0 Å². The van der Waals surface area contributed by atoms with Crippen LogP contribution in [0.25, 0.3) is 10.2 Å². The number of aryl methyl sites for hydroxylation is 1. The van der Waals surface area contributed by atoms with Gasteiger partial charge in [0, 0.05) is 18.2 Å². The van der Waals surface area contributed by atoms with E-state index >= 15 is 0 Å². The molecule has 152 valence electrons. The van der Waals surface area contributed by atoms with Crippen LogP contribution in [0.3, 0.4) is 0 Å². The van der Waals surface area contributed by atoms with Gasteiger partial charge < -0.3 is 18.8 Å². The van der Waals surface area contributed by atoms with E-state index in [0.717, 1.165) is 10.2 Å². The number of thiazole rings is 1. The largest absolute Gasteiger partial charge is 0.497 e. The standard InChI is InChI=1S/C21H22N2O5S/c1-4-28-15-7-5-14(6-8-15)20(25)22-21-23(12-11-19(24)27-3)17-13-16(26-2)9-10-18(17)29-21/h5-10,13H,4,11-12H2,1-3H3. The van der Waals surface area contributed by atoms with Gasteiger partial charge in [0.25, 0.3) is 5.91 Å². The number of benzene rings is 2. The van der Waals surface area contributed by atoms with Gasteiger partial charge >= 0.3 is 5.97 Å². The smallest absolute Gasteiger partial charge is 0.307 e. The van der Waals surface area contributed by atoms with E-state index in [1.807, 2.05) is 29.7 Å². The first-order valence-corrected chi connectivity index (χ1v) is 9.93. The Morgan fingerprint density at radius 2 is 1.79 bits per heavy atom. The van der Waals surface area contributed by atoms with Crippen molar-refractivity contribution in [1.29, 1.82) is 0 Å². The second kappa shape index (κ2) is 9.38. The molecule has 0 unspecified atom stereocenters. The molecule has 0 atom stereocenters. The van der Waals surface area contributed by atoms with E-state index in [4.69, 9.17) is 14.2 Å². The first-order valence-electron chi connectivity index (χ1n) is 9.11. The molecule has 3 aromatic rings. The molecule has 1 heterocycles. The minimum atomic E-state index is -0.363. The summed E-state index contributed by atoms with van der Waals surface area (Å²) < 4.78 is 18.2. The first kappa shape index (κ1) is 20.6. The summed E-state index contributed by atoms with van der Waals surface area (Å²) in [6, 6.07) is 12.5. The summed E-state index contributed by atoms with van der Waals surface area (Å²) in [6.45, 7) is 2.80. The van der Waals surface area contributed by atoms with Gasteiger partial charge in [-0.2, -0.15) is 4.99 Å². The van der Waals surface area contributed by atoms with Crippen LogP contribution < -0.4 is 14.3 Å². The Morgan fingerprint density at radius 1 is 1.07 bits per heavy atom. The second-order valence-corrected chi connectivity index (χ2v) is 7.08. The van der Waals surface area contributed by atoms with Crippen LogP contribution in [-0.2, 0) is 16.1 Å². The van der Waals surface area contributed by atoms with Crippen LogP contribution in [0.2, 0.25) is 0 Å². The van der Waals surface area contributed by atoms with Gasteiger partial charge in [0.05, 0.1) is 37.5 Å². The highest BCUT2D eigenvalue weighted by Crippen LogP contribution is 2.23. The molecule has 0 radical (unpaired) electrons. The first-order chi connectivity index (χ1) is 14.0. The van der Waals surface area contributed by atoms with Gasteiger partial charge in [-0.25, -0.2) is 0 Å². The lowest BCUT2D eigenvalue weighted by Crippen LogP contribution is -2.19. The van der Waals surface area contributed by atoms with Gasteiger partial charge in [0.15, 0.2) is 4.80 Å². The van der Waals surface area contributed by atoms with Crippen LogP contribution >= 0.6 is 11.3 Å². The van der Waals surface area contributed by atoms with Crippen molar-refractivity contribution in [2.75, 3.05) is 20.8 Å². The third kappa shape index (κ3) is 4.83. The third-order valence-electron chi connectivity index (χ3n) is 4.27. The molecule has 29 heavy (non-hydrogen) atoms. The van der Waals surface area contributed by atoms with Crippen LogP contribution in [0, 0.1) is 0 Å². The number of fused-ring (bicyclic) bond motifs is 1. The van der Waals surface area contributed by atoms with Crippen molar-refractivity contribution >= 4 is 33.4 Å². The summed E-state index contributed by atoms with van der Waals surface area (Å²) in [5, 5.41) is 0. The molecule has 0 aliphatic rings. The minimum absolute atomic E-state index is 0.171. The lowest BCUT2D eigenvalue weighted by atomic mass is 10.2. The van der Waals surface area contributed by atoms with E-state index in [1.54, 1.807) is 31.4 Å². The molecule has 3 rings (SSSR count). The van der Waals surface area contributed by atoms with E-state index in [0.29, 0.717) is 35.0 Å². The molecule has 2 aromatic carbocycles. The predicted octanol–water partition coefficient (Wildman–Crippen LogP) is 3.41. The SMILES string of the molecule is CCOc1ccc(C(=O)N=c2sc3ccc(OC)cc3n2CCC(=O)OC)cc1. The normalized spacial score (nSPS) is 11.5. The molecule has 0 aliphatic carbocycles. The van der Waals surface area contributed by atoms with E-state index in [-0.39, 0.29) is 18.3 Å². The Kier molecular flexibility index (Phi) is 6.66. The molecule has 0 aliphatic heterocycles. The van der Waals surface area contributed by atoms with E-state index in [1.165, 1.54) is 18.4 Å². The average molecular weight is 414 g/mol. The number of carbonyl (C=O) groups excluding carboxylic acids is 2. The van der Waals surface area contributed by atoms with Crippen molar-refractivity contribution in [1.82, 2.24) is 4.57 Å². The maximum absolute atomic E-state index is 12.7. The maximum Gasteiger partial charge on any atom is 0.307 e. The van der Waals surface area contributed by atoms with Crippen LogP contribution in [-0.4, -0.2) is 37.3 Å². The Bertz CT molecular complexity index is 1080. The van der Waals surface area contributed by atoms with Gasteiger partial charge in [-0.15, -0.1) is 0 Å². The van der Waals surface area contributed by atoms with Crippen LogP contribution in [0.5, 0.6) is 11.5 Å². The summed E-state index contributed by atoms with van der Waals surface area (Å²) in [7, 11) is 2.94. The van der Waals surface area contributed by atoms with Crippen molar-refractivity contribution in [2.24, 2.45) is 4.99 Å². The van der Waals surface area contributed by atoms with Crippen molar-refractivity contribution < 1.29 is 23.8 Å². The summed E-state index contributed by atoms with van der Waals surface area (Å²) in [4.78, 5) is 29.2. The molecule has 0 bridgehead atoms. The fourth-order valence-electron chi connectivity index (χ4n) is 2.79. The number of esters is 1. The summed E-state index contributed by atoms with van der Waals surface area (Å²) in [6.07, 6.45) is 0.171. The molecule has 8 heteroatoms. The number of methoxy groups -OCH3 is 2. The lowest BCUT2D eigenvalue weighted by molar-refractivity contribution is -0.140. The molecule has 0 fully saturated rings. The maximum atomic E-state index is 12.7. The highest BCUT2D eigenvalue weighted by atomic mass is 32.1. The zero-order valence-electron chi connectivity index (χ0n) is 16.5. The number of hydrogen-bond acceptors (Lipinski definition) is 6. The van der Waals surface area contributed by atoms with Crippen molar-refractivity contribution in [3.8, 4) is 11.5 Å². The number of carbonyl (C=O) groups is 2. The Morgan fingerprint density at radius 3 is 2.45 bits per heavy atom. The fraction of sp³-hybridized carbons (Fsp3) is 0.286. The molecule has 0 saturated heterocycles. The van der Waals surface area contributed by atoms with Gasteiger partial charge in [-0.1, -0.05) is 11.3 Å². The highest BCUT2D eigenvalue weighted by molar-refractivity contribution is 7.16. The second-order valence-electron chi connectivity index (χ2n) is 6.07. The average Bonchev–Trinajstić information content (AvgIpc) is 3.08. The molecule has 0 N–H and O–H groups in total. The number of rotatable bonds is 7. The van der Waals surface area contributed by atoms with Crippen LogP contribution in [0.4, 0.5) is 0 Å². The molecule has 1 amide bonds. The molecule has 7 nitrogen and oxygen atoms in total. The Balaban J connectivity index is 2.01. The predicted molar refractivity (Wildman–Crippen MR) is 111 cm³/mol. The summed E-state index contributed by atoms with van der Waals surface area (Å²) >= 11 is 1.38. The Labute approximate surface area is 172 Å². The quantitative estimate of drug-likeness (QED) is 0.554. The lowest BCUT2D eigenvalue weighted by Gasteiger charge is -2.06. The molecular formula is C21H22N2O5S. The van der Waals surface area contributed by atoms with E-state index in [2.05, 4.69) is 4.99 Å². The van der Waals surface area contributed by atoms with Crippen molar-refractivity contribution in [3.63, 3.8) is 0 Å². The Hall–Kier alpha value is -3.13. The summed E-state index contributed by atoms with van der Waals surface area (Å²) in [5.74, 6) is 0.694. The monoisotopic (exact) mass is 414 g/mol. The van der Waals surface area contributed by atoms with E-state index in [9.17, 15) is 9.59 Å². The molecule has 0 spiro atoms. The number of amides is 1. The van der Waals surface area contributed by atoms with E-state index < -0.39 is 0 Å². The van der Waals surface area contributed by atoms with Crippen molar-refractivity contribution in [3.05, 3.63) is 52.8 Å². The number of aromatic nitrogens is 1. The topological polar surface area (TPSA) is 79.1 Å². The minimum Gasteiger partial charge on any atom is -0.497 e. The zero-order valence-corrected chi connectivity index (χ0v) is 17.3. The third-order valence-corrected chi connectivity index (χ3v) is 5.33. The van der Waals surface area contributed by atoms with Crippen LogP contribution in [0.15, 0.2) is 47.5 Å². The van der Waals surface area contributed by atoms with Crippen LogP contribution in [0.1, 0.15) is 23.7 Å². The van der Waals surface area contributed by atoms with Crippen molar-refractivity contribution in [2.45, 2.75) is 19.9 Å². The fourth-order valence-corrected chi connectivity index (χ4v) is 3.83. The molecule has 0 saturated carbocycles. The van der Waals surface area contributed by atoms with Gasteiger partial charge in [-0.05, 0) is 43.3 Å².